The number of carboxylic acids is 1. The minimum atomic E-state index is -0.999. The molecular formula is C13H20N2O5S. The molecule has 0 bridgehead atoms. The van der Waals surface area contributed by atoms with Gasteiger partial charge in [0.2, 0.25) is 0 Å². The lowest BCUT2D eigenvalue weighted by Crippen LogP contribution is -2.54. The monoisotopic (exact) mass is 316 g/mol. The number of hydrogen-bond donors (Lipinski definition) is 1. The Hall–Kier alpha value is -1.44. The van der Waals surface area contributed by atoms with Gasteiger partial charge in [-0.05, 0) is 19.3 Å². The number of carbonyl (C=O) groups is 3. The first-order valence-corrected chi connectivity index (χ1v) is 8.07. The molecule has 0 radical (unpaired) electrons. The number of nitrogens with zero attached hydrogens (tertiary/aromatic N) is 2. The summed E-state index contributed by atoms with van der Waals surface area (Å²) in [4.78, 5) is 38.7. The van der Waals surface area contributed by atoms with Gasteiger partial charge in [0.1, 0.15) is 12.1 Å². The lowest BCUT2D eigenvalue weighted by molar-refractivity contribution is -0.145. The highest BCUT2D eigenvalue weighted by molar-refractivity contribution is 8.00. The van der Waals surface area contributed by atoms with Crippen LogP contribution >= 0.6 is 11.8 Å². The lowest BCUT2D eigenvalue weighted by atomic mass is 10.2. The number of amides is 2. The average Bonchev–Trinajstić information content (AvgIpc) is 3.11. The van der Waals surface area contributed by atoms with Gasteiger partial charge in [-0.3, -0.25) is 4.90 Å². The van der Waals surface area contributed by atoms with E-state index in [0.29, 0.717) is 25.1 Å². The smallest absolute Gasteiger partial charge is 0.328 e. The second-order valence-corrected chi connectivity index (χ2v) is 6.33. The molecule has 1 N–H and O–H groups in total. The maximum atomic E-state index is 12.7. The number of carbonyl (C=O) groups excluding carboxylic acids is 2. The lowest BCUT2D eigenvalue weighted by Gasteiger charge is -2.33. The van der Waals surface area contributed by atoms with Crippen molar-refractivity contribution in [1.82, 2.24) is 9.80 Å². The van der Waals surface area contributed by atoms with Crippen LogP contribution in [0.25, 0.3) is 0 Å². The van der Waals surface area contributed by atoms with E-state index in [2.05, 4.69) is 0 Å². The minimum absolute atomic E-state index is 0.155. The van der Waals surface area contributed by atoms with E-state index in [-0.39, 0.29) is 11.4 Å². The number of esters is 1. The fourth-order valence-corrected chi connectivity index (χ4v) is 4.19. The third-order valence-corrected chi connectivity index (χ3v) is 5.37. The quantitative estimate of drug-likeness (QED) is 0.781. The van der Waals surface area contributed by atoms with Crippen molar-refractivity contribution in [1.29, 1.82) is 0 Å². The van der Waals surface area contributed by atoms with E-state index < -0.39 is 24.0 Å². The zero-order chi connectivity index (χ0) is 15.6. The van der Waals surface area contributed by atoms with E-state index in [0.717, 1.165) is 6.42 Å². The Labute approximate surface area is 127 Å². The van der Waals surface area contributed by atoms with Crippen LogP contribution in [0, 0.1) is 0 Å². The maximum Gasteiger partial charge on any atom is 0.328 e. The zero-order valence-corrected chi connectivity index (χ0v) is 13.0. The molecule has 2 rings (SSSR count). The summed E-state index contributed by atoms with van der Waals surface area (Å²) < 4.78 is 4.73. The first kappa shape index (κ1) is 15.9. The zero-order valence-electron chi connectivity index (χ0n) is 12.2. The van der Waals surface area contributed by atoms with Crippen LogP contribution in [0.1, 0.15) is 26.2 Å². The summed E-state index contributed by atoms with van der Waals surface area (Å²) in [6.07, 6.45) is 1.96. The van der Waals surface area contributed by atoms with Gasteiger partial charge < -0.3 is 14.7 Å². The van der Waals surface area contributed by atoms with Crippen LogP contribution < -0.4 is 0 Å². The average molecular weight is 316 g/mol. The molecule has 2 amide bonds. The van der Waals surface area contributed by atoms with Crippen LogP contribution in [0.4, 0.5) is 4.79 Å². The molecule has 8 heteroatoms. The predicted octanol–water partition coefficient (Wildman–Crippen LogP) is 0.982. The van der Waals surface area contributed by atoms with Gasteiger partial charge in [-0.15, -0.1) is 11.8 Å². The molecular weight excluding hydrogens is 296 g/mol. The third kappa shape index (κ3) is 2.95. The number of aliphatic carboxylic acids is 1. The predicted molar refractivity (Wildman–Crippen MR) is 76.9 cm³/mol. The molecule has 0 aromatic heterocycles. The second kappa shape index (κ2) is 6.55. The van der Waals surface area contributed by atoms with Gasteiger partial charge >= 0.3 is 18.0 Å². The van der Waals surface area contributed by atoms with E-state index in [1.54, 1.807) is 0 Å². The van der Waals surface area contributed by atoms with Gasteiger partial charge in [0.05, 0.1) is 12.5 Å². The summed E-state index contributed by atoms with van der Waals surface area (Å²) in [5.41, 5.74) is 0. The van der Waals surface area contributed by atoms with Crippen LogP contribution in [0.5, 0.6) is 0 Å². The molecule has 2 saturated heterocycles. The van der Waals surface area contributed by atoms with E-state index in [4.69, 9.17) is 4.74 Å². The number of thioether (sulfide) groups is 1. The molecule has 118 valence electrons. The number of rotatable bonds is 3. The summed E-state index contributed by atoms with van der Waals surface area (Å²) >= 11 is 1.47. The highest BCUT2D eigenvalue weighted by Crippen LogP contribution is 2.33. The van der Waals surface area contributed by atoms with Gasteiger partial charge in [0.15, 0.2) is 0 Å². The van der Waals surface area contributed by atoms with Crippen LogP contribution in [-0.2, 0) is 14.3 Å². The van der Waals surface area contributed by atoms with Crippen molar-refractivity contribution in [3.8, 4) is 0 Å². The second-order valence-electron chi connectivity index (χ2n) is 5.11. The number of methoxy groups -OCH3 is 1. The number of urea groups is 1. The summed E-state index contributed by atoms with van der Waals surface area (Å²) in [6, 6.07) is -1.79. The molecule has 2 aliphatic heterocycles. The molecule has 21 heavy (non-hydrogen) atoms. The van der Waals surface area contributed by atoms with Crippen LogP contribution in [-0.4, -0.2) is 69.7 Å². The Bertz CT molecular complexity index is 444. The molecule has 0 aromatic rings. The molecule has 0 saturated carbocycles. The highest BCUT2D eigenvalue weighted by atomic mass is 32.2. The summed E-state index contributed by atoms with van der Waals surface area (Å²) in [7, 11) is 1.30. The Morgan fingerprint density at radius 1 is 1.33 bits per heavy atom. The summed E-state index contributed by atoms with van der Waals surface area (Å²) in [6.45, 7) is 2.38. The van der Waals surface area contributed by atoms with Crippen LogP contribution in [0.2, 0.25) is 0 Å². The Morgan fingerprint density at radius 2 is 2.05 bits per heavy atom. The number of likely N-dealkylation sites (tertiary alicyclic amines) is 1. The topological polar surface area (TPSA) is 87.2 Å². The van der Waals surface area contributed by atoms with Gasteiger partial charge in [0, 0.05) is 12.3 Å². The fourth-order valence-electron chi connectivity index (χ4n) is 2.85. The van der Waals surface area contributed by atoms with Crippen molar-refractivity contribution < 1.29 is 24.2 Å². The van der Waals surface area contributed by atoms with Crippen molar-refractivity contribution in [2.24, 2.45) is 0 Å². The van der Waals surface area contributed by atoms with Crippen molar-refractivity contribution >= 4 is 29.7 Å². The third-order valence-electron chi connectivity index (χ3n) is 3.92. The number of hydrogen-bond acceptors (Lipinski definition) is 5. The maximum absolute atomic E-state index is 12.7. The minimum Gasteiger partial charge on any atom is -0.480 e. The highest BCUT2D eigenvalue weighted by Gasteiger charge is 2.46. The number of carboxylic acid groups (broad SMARTS) is 1. The normalized spacial score (nSPS) is 28.8. The van der Waals surface area contributed by atoms with Gasteiger partial charge in [-0.2, -0.15) is 0 Å². The molecule has 2 fully saturated rings. The van der Waals surface area contributed by atoms with Crippen LogP contribution in [0.3, 0.4) is 0 Å². The van der Waals surface area contributed by atoms with Crippen molar-refractivity contribution in [3.63, 3.8) is 0 Å². The first-order chi connectivity index (χ1) is 10.0. The SMILES string of the molecule is CCC1SCC(C(=O)O)N1C(=O)N1CCCC1C(=O)OC. The van der Waals surface area contributed by atoms with Crippen molar-refractivity contribution in [2.75, 3.05) is 19.4 Å². The molecule has 3 unspecified atom stereocenters. The number of ether oxygens (including phenoxy) is 1. The van der Waals surface area contributed by atoms with E-state index >= 15 is 0 Å². The molecule has 7 nitrogen and oxygen atoms in total. The molecule has 3 atom stereocenters. The molecule has 0 aliphatic carbocycles. The largest absolute Gasteiger partial charge is 0.480 e. The summed E-state index contributed by atoms with van der Waals surface area (Å²) in [5, 5.41) is 9.14. The standard InChI is InChI=1S/C13H20N2O5S/c1-3-10-15(9(7-21-10)11(16)17)13(19)14-6-4-5-8(14)12(18)20-2/h8-10H,3-7H2,1-2H3,(H,16,17). The Kier molecular flexibility index (Phi) is 4.97. The van der Waals surface area contributed by atoms with E-state index in [1.165, 1.54) is 28.7 Å². The van der Waals surface area contributed by atoms with Crippen molar-refractivity contribution in [2.45, 2.75) is 43.6 Å². The van der Waals surface area contributed by atoms with Gasteiger partial charge in [0.25, 0.3) is 0 Å². The Balaban J connectivity index is 2.19. The van der Waals surface area contributed by atoms with Gasteiger partial charge in [-0.1, -0.05) is 6.92 Å². The molecule has 2 heterocycles. The van der Waals surface area contributed by atoms with E-state index in [9.17, 15) is 19.5 Å². The first-order valence-electron chi connectivity index (χ1n) is 7.02. The van der Waals surface area contributed by atoms with Crippen LogP contribution in [0.15, 0.2) is 0 Å². The molecule has 0 spiro atoms. The van der Waals surface area contributed by atoms with E-state index in [1.807, 2.05) is 6.92 Å². The fraction of sp³-hybridized carbons (Fsp3) is 0.769. The molecule has 0 aromatic carbocycles. The molecule has 2 aliphatic rings. The Morgan fingerprint density at radius 3 is 2.62 bits per heavy atom. The van der Waals surface area contributed by atoms with Gasteiger partial charge in [-0.25, -0.2) is 14.4 Å². The summed E-state index contributed by atoms with van der Waals surface area (Å²) in [5.74, 6) is -1.05. The van der Waals surface area contributed by atoms with Crippen molar-refractivity contribution in [3.05, 3.63) is 0 Å².